The summed E-state index contributed by atoms with van der Waals surface area (Å²) in [7, 11) is 4.92. The first-order valence-electron chi connectivity index (χ1n) is 28.0. The number of nitrogens with zero attached hydrogens (tertiary/aromatic N) is 4. The first kappa shape index (κ1) is 71.2. The number of carboxylic acids is 1. The van der Waals surface area contributed by atoms with Crippen molar-refractivity contribution in [1.29, 1.82) is 5.41 Å². The molecule has 1 aliphatic rings. The van der Waals surface area contributed by atoms with Gasteiger partial charge in [0.25, 0.3) is 0 Å². The van der Waals surface area contributed by atoms with Crippen molar-refractivity contribution in [2.24, 2.45) is 17.4 Å². The minimum Gasteiger partial charge on any atom is -0.481 e. The molecule has 88 heavy (non-hydrogen) atoms. The van der Waals surface area contributed by atoms with Crippen LogP contribution in [0.1, 0.15) is 51.2 Å². The third-order valence-electron chi connectivity index (χ3n) is 14.4. The van der Waals surface area contributed by atoms with Crippen LogP contribution in [-0.4, -0.2) is 238 Å². The van der Waals surface area contributed by atoms with Gasteiger partial charge in [-0.15, -0.1) is 11.8 Å². The van der Waals surface area contributed by atoms with Gasteiger partial charge in [-0.1, -0.05) is 62.4 Å². The molecule has 16 N–H and O–H groups in total. The van der Waals surface area contributed by atoms with Crippen LogP contribution in [0, 0.1) is 11.3 Å². The number of carbonyl (C=O) groups is 13. The quantitative estimate of drug-likeness (QED) is 0.0386. The number of rotatable bonds is 15. The van der Waals surface area contributed by atoms with Crippen molar-refractivity contribution in [3.63, 3.8) is 0 Å². The van der Waals surface area contributed by atoms with Crippen LogP contribution in [0.3, 0.4) is 0 Å². The highest BCUT2D eigenvalue weighted by atomic mass is 32.2. The minimum absolute atomic E-state index is 0.0584. The number of para-hydroxylation sites is 1. The summed E-state index contributed by atoms with van der Waals surface area (Å²) in [6.45, 7) is 1.14. The molecule has 0 saturated carbocycles. The second-order valence-corrected chi connectivity index (χ2v) is 22.4. The molecule has 0 bridgehead atoms. The van der Waals surface area contributed by atoms with E-state index in [9.17, 15) is 72.5 Å². The standard InChI is InChI=1S/C56H80N16O15S/c1-30(2)47-55(87)72(7)41(27-73)51(83)63-25-43(75)64-36(18-13-19-60-56(58)59)52(84)71(6)40(20-32-14-9-8-10-15-32)54(86)69(4)26-44(76)66-39(49(81)62-24-42(57)74)28-88-29-45(77)65-38(21-33-23-61-35-17-12-11-16-34(33)35)53(85)70(5)31(3)48(80)67-37(22-46(78)79)50(82)68-47/h8-12,14-17,23,30-31,36-41,47,61,73H,13,18-22,24-29H2,1-7H3,(H2,57,74)(H,62,81)(H,63,83)(H,64,75)(H,65,77)(H,66,76)(H,67,80)(H,68,82)(H,78,79)(H4,58,59,60)/t31-,36+,37+,38-,39+,40-,41+,47?/m1/s1. The molecular weight excluding hydrogens is 1170 g/mol. The number of aliphatic hydroxyl groups excluding tert-OH is 1. The molecule has 4 rings (SSSR count). The predicted molar refractivity (Wildman–Crippen MR) is 321 cm³/mol. The zero-order valence-electron chi connectivity index (χ0n) is 50.0. The highest BCUT2D eigenvalue weighted by Gasteiger charge is 2.39. The fourth-order valence-corrected chi connectivity index (χ4v) is 10.1. The van der Waals surface area contributed by atoms with Crippen molar-refractivity contribution < 1.29 is 72.5 Å². The summed E-state index contributed by atoms with van der Waals surface area (Å²) < 4.78 is 0. The minimum atomic E-state index is -1.87. The normalized spacial score (nSPS) is 22.9. The predicted octanol–water partition coefficient (Wildman–Crippen LogP) is -4.81. The number of benzene rings is 2. The van der Waals surface area contributed by atoms with Gasteiger partial charge in [0, 0.05) is 70.4 Å². The van der Waals surface area contributed by atoms with E-state index in [0.717, 1.165) is 38.4 Å². The maximum atomic E-state index is 14.6. The second kappa shape index (κ2) is 34.1. The highest BCUT2D eigenvalue weighted by Crippen LogP contribution is 2.21. The van der Waals surface area contributed by atoms with E-state index >= 15 is 0 Å². The van der Waals surface area contributed by atoms with E-state index in [1.165, 1.54) is 41.9 Å². The Morgan fingerprint density at radius 1 is 0.716 bits per heavy atom. The number of amides is 12. The van der Waals surface area contributed by atoms with Crippen molar-refractivity contribution in [3.05, 3.63) is 71.9 Å². The van der Waals surface area contributed by atoms with Gasteiger partial charge in [-0.2, -0.15) is 0 Å². The molecule has 12 amide bonds. The van der Waals surface area contributed by atoms with E-state index in [2.05, 4.69) is 47.5 Å². The van der Waals surface area contributed by atoms with Crippen LogP contribution in [0.5, 0.6) is 0 Å². The van der Waals surface area contributed by atoms with Gasteiger partial charge < -0.3 is 88.8 Å². The van der Waals surface area contributed by atoms with Crippen LogP contribution in [-0.2, 0) is 75.2 Å². The topological polar surface area (TPSA) is 463 Å². The summed E-state index contributed by atoms with van der Waals surface area (Å²) in [6.07, 6.45) is 0.334. The largest absolute Gasteiger partial charge is 0.481 e. The van der Waals surface area contributed by atoms with E-state index in [-0.39, 0.29) is 43.9 Å². The molecule has 480 valence electrons. The maximum Gasteiger partial charge on any atom is 0.305 e. The van der Waals surface area contributed by atoms with Gasteiger partial charge in [0.2, 0.25) is 70.9 Å². The molecule has 1 aliphatic heterocycles. The number of aromatic amines is 1. The van der Waals surface area contributed by atoms with Crippen molar-refractivity contribution in [1.82, 2.24) is 67.1 Å². The Hall–Kier alpha value is -9.33. The Kier molecular flexibility index (Phi) is 27.6. The molecule has 2 heterocycles. The molecule has 0 aliphatic carbocycles. The van der Waals surface area contributed by atoms with Gasteiger partial charge in [-0.3, -0.25) is 67.7 Å². The smallest absolute Gasteiger partial charge is 0.305 e. The van der Waals surface area contributed by atoms with Crippen LogP contribution in [0.25, 0.3) is 10.9 Å². The first-order valence-corrected chi connectivity index (χ1v) is 29.1. The van der Waals surface area contributed by atoms with Gasteiger partial charge >= 0.3 is 5.97 Å². The average molecular weight is 1250 g/mol. The molecule has 2 aromatic carbocycles. The van der Waals surface area contributed by atoms with Gasteiger partial charge in [0.15, 0.2) is 5.96 Å². The van der Waals surface area contributed by atoms with Crippen LogP contribution in [0.15, 0.2) is 60.8 Å². The van der Waals surface area contributed by atoms with Gasteiger partial charge in [0.1, 0.15) is 48.3 Å². The van der Waals surface area contributed by atoms with Crippen molar-refractivity contribution in [2.45, 2.75) is 101 Å². The number of carboxylic acid groups (broad SMARTS) is 1. The fourth-order valence-electron chi connectivity index (χ4n) is 9.25. The Labute approximate surface area is 511 Å². The van der Waals surface area contributed by atoms with Gasteiger partial charge in [0.05, 0.1) is 38.4 Å². The summed E-state index contributed by atoms with van der Waals surface area (Å²) in [5, 5.41) is 48.3. The Morgan fingerprint density at radius 3 is 1.99 bits per heavy atom. The lowest BCUT2D eigenvalue weighted by molar-refractivity contribution is -0.147. The number of hydrogen-bond acceptors (Lipinski definition) is 16. The van der Waals surface area contributed by atoms with Gasteiger partial charge in [-0.25, -0.2) is 0 Å². The van der Waals surface area contributed by atoms with Crippen LogP contribution < -0.4 is 54.0 Å². The third-order valence-corrected chi connectivity index (χ3v) is 15.4. The monoisotopic (exact) mass is 1250 g/mol. The summed E-state index contributed by atoms with van der Waals surface area (Å²) in [5.41, 5.74) is 12.6. The maximum absolute atomic E-state index is 14.6. The summed E-state index contributed by atoms with van der Waals surface area (Å²) in [5.74, 6) is -14.6. The number of nitrogens with two attached hydrogens (primary N) is 2. The lowest BCUT2D eigenvalue weighted by Crippen LogP contribution is -2.61. The number of thioether (sulfide) groups is 1. The van der Waals surface area contributed by atoms with Crippen molar-refractivity contribution in [2.75, 3.05) is 72.5 Å². The molecule has 3 aromatic rings. The number of guanidine groups is 1. The second-order valence-electron chi connectivity index (χ2n) is 21.3. The third kappa shape index (κ3) is 21.3. The van der Waals surface area contributed by atoms with E-state index in [1.807, 2.05) is 0 Å². The molecule has 1 saturated heterocycles. The van der Waals surface area contributed by atoms with Gasteiger partial charge in [-0.05, 0) is 42.9 Å². The SMILES string of the molecule is CC(C)C1NC(=O)[C@H](CC(=O)O)NC(=O)[C@@H](C)N(C)C(=O)[C@@H](Cc2c[nH]c3ccccc23)NC(=O)CSC[C@@H](C(=O)NCC(N)=O)NC(=O)CN(C)C(=O)[C@@H](Cc2ccccc2)N(C)C(=O)[C@H](CCCNC(=N)N)NC(=O)CNC(=O)[C@H](CO)N(C)C1=O. The van der Waals surface area contributed by atoms with E-state index in [1.54, 1.807) is 60.8 Å². The van der Waals surface area contributed by atoms with E-state index in [4.69, 9.17) is 16.9 Å². The molecule has 32 heteroatoms. The number of hydrogen-bond donors (Lipinski definition) is 14. The Morgan fingerprint density at radius 2 is 1.35 bits per heavy atom. The molecular formula is C56H80N16O15S. The lowest BCUT2D eigenvalue weighted by Gasteiger charge is -2.33. The average Bonchev–Trinajstić information content (AvgIpc) is 3.22. The van der Waals surface area contributed by atoms with E-state index in [0.29, 0.717) is 22.0 Å². The number of likely N-dealkylation sites (N-methyl/N-ethyl adjacent to an activating group) is 4. The number of H-pyrrole nitrogens is 1. The molecule has 8 atom stereocenters. The number of aromatic nitrogens is 1. The number of aliphatic hydroxyl groups is 1. The molecule has 0 radical (unpaired) electrons. The zero-order chi connectivity index (χ0) is 65.5. The Bertz CT molecular complexity index is 3040. The number of carbonyl (C=O) groups excluding carboxylic acids is 12. The zero-order valence-corrected chi connectivity index (χ0v) is 50.8. The highest BCUT2D eigenvalue weighted by molar-refractivity contribution is 8.00. The fraction of sp³-hybridized carbons (Fsp3) is 0.500. The summed E-state index contributed by atoms with van der Waals surface area (Å²) in [4.78, 5) is 185. The molecule has 1 unspecified atom stereocenters. The van der Waals surface area contributed by atoms with Crippen LogP contribution in [0.4, 0.5) is 0 Å². The first-order chi connectivity index (χ1) is 41.5. The van der Waals surface area contributed by atoms with Crippen LogP contribution in [0.2, 0.25) is 0 Å². The molecule has 0 spiro atoms. The Balaban J connectivity index is 1.79. The van der Waals surface area contributed by atoms with E-state index < -0.39 is 170 Å². The van der Waals surface area contributed by atoms with Crippen molar-refractivity contribution in [3.8, 4) is 0 Å². The number of fused-ring (bicyclic) bond motifs is 1. The number of aliphatic carboxylic acids is 1. The summed E-state index contributed by atoms with van der Waals surface area (Å²) in [6, 6.07) is 3.36. The number of primary amides is 1. The lowest BCUT2D eigenvalue weighted by atomic mass is 10.0. The summed E-state index contributed by atoms with van der Waals surface area (Å²) >= 11 is 0.827. The molecule has 1 fully saturated rings. The molecule has 31 nitrogen and oxygen atoms in total. The van der Waals surface area contributed by atoms with Crippen molar-refractivity contribution >= 4 is 105 Å². The molecule has 1 aromatic heterocycles. The van der Waals surface area contributed by atoms with Crippen LogP contribution >= 0.6 is 11.8 Å². The number of nitrogens with one attached hydrogen (secondary N) is 10.